The minimum Gasteiger partial charge on any atom is -0.480 e. The summed E-state index contributed by atoms with van der Waals surface area (Å²) < 4.78 is -0.679. The van der Waals surface area contributed by atoms with Crippen LogP contribution in [0.1, 0.15) is 46.5 Å². The first kappa shape index (κ1) is 18.0. The number of amides is 1. The molecule has 0 bridgehead atoms. The average molecular weight is 314 g/mol. The zero-order chi connectivity index (χ0) is 16.0. The van der Waals surface area contributed by atoms with E-state index in [9.17, 15) is 9.59 Å². The Hall–Kier alpha value is -1.01. The number of allylic oxidation sites excluding steroid dienone is 2. The molecule has 0 spiro atoms. The number of carbonyl (C=O) groups is 2. The quantitative estimate of drug-likeness (QED) is 0.753. The van der Waals surface area contributed by atoms with E-state index < -0.39 is 16.8 Å². The van der Waals surface area contributed by atoms with Crippen molar-refractivity contribution in [2.75, 3.05) is 12.3 Å². The number of carboxylic acid groups (broad SMARTS) is 1. The van der Waals surface area contributed by atoms with E-state index in [1.807, 2.05) is 11.8 Å². The van der Waals surface area contributed by atoms with Gasteiger partial charge in [0, 0.05) is 17.0 Å². The third-order valence-corrected chi connectivity index (χ3v) is 5.20. The van der Waals surface area contributed by atoms with Gasteiger partial charge in [-0.2, -0.15) is 0 Å². The van der Waals surface area contributed by atoms with E-state index in [1.54, 1.807) is 13.8 Å². The SMILES string of the molecule is CCN(C(=O)CSC(C)(C)[C@@H](N)C(=O)O)C1=CCCCC1. The maximum absolute atomic E-state index is 12.4. The lowest BCUT2D eigenvalue weighted by Crippen LogP contribution is -2.47. The van der Waals surface area contributed by atoms with E-state index in [4.69, 9.17) is 10.8 Å². The Kier molecular flexibility index (Phi) is 6.74. The highest BCUT2D eigenvalue weighted by atomic mass is 32.2. The molecule has 0 unspecified atom stereocenters. The molecule has 3 N–H and O–H groups in total. The molecule has 0 aromatic rings. The molecular weight excluding hydrogens is 288 g/mol. The molecule has 0 saturated carbocycles. The van der Waals surface area contributed by atoms with Gasteiger partial charge in [-0.05, 0) is 46.5 Å². The molecule has 120 valence electrons. The number of thioether (sulfide) groups is 1. The summed E-state index contributed by atoms with van der Waals surface area (Å²) in [7, 11) is 0. The van der Waals surface area contributed by atoms with Crippen LogP contribution in [-0.2, 0) is 9.59 Å². The first-order valence-corrected chi connectivity index (χ1v) is 8.40. The summed E-state index contributed by atoms with van der Waals surface area (Å²) in [6, 6.07) is -0.987. The summed E-state index contributed by atoms with van der Waals surface area (Å²) >= 11 is 1.31. The van der Waals surface area contributed by atoms with Crippen molar-refractivity contribution in [2.24, 2.45) is 5.73 Å². The van der Waals surface area contributed by atoms with E-state index in [1.165, 1.54) is 18.2 Å². The first-order valence-electron chi connectivity index (χ1n) is 7.41. The number of nitrogens with zero attached hydrogens (tertiary/aromatic N) is 1. The van der Waals surface area contributed by atoms with E-state index >= 15 is 0 Å². The van der Waals surface area contributed by atoms with Gasteiger partial charge < -0.3 is 15.7 Å². The lowest BCUT2D eigenvalue weighted by atomic mass is 10.0. The van der Waals surface area contributed by atoms with Crippen LogP contribution in [0.4, 0.5) is 0 Å². The predicted molar refractivity (Wildman–Crippen MR) is 86.1 cm³/mol. The zero-order valence-electron chi connectivity index (χ0n) is 13.1. The van der Waals surface area contributed by atoms with Crippen LogP contribution < -0.4 is 5.73 Å². The van der Waals surface area contributed by atoms with Gasteiger partial charge in [-0.25, -0.2) is 0 Å². The summed E-state index contributed by atoms with van der Waals surface area (Å²) in [5.74, 6) is -0.761. The summed E-state index contributed by atoms with van der Waals surface area (Å²) in [4.78, 5) is 25.2. The van der Waals surface area contributed by atoms with Crippen molar-refractivity contribution in [1.82, 2.24) is 4.90 Å². The summed E-state index contributed by atoms with van der Waals surface area (Å²) in [6.45, 7) is 6.14. The molecule has 0 heterocycles. The summed E-state index contributed by atoms with van der Waals surface area (Å²) in [5.41, 5.74) is 6.78. The van der Waals surface area contributed by atoms with Crippen molar-refractivity contribution in [2.45, 2.75) is 57.2 Å². The molecule has 0 aliphatic heterocycles. The molecule has 1 rings (SSSR count). The van der Waals surface area contributed by atoms with Crippen LogP contribution in [-0.4, -0.2) is 45.0 Å². The molecule has 0 saturated heterocycles. The van der Waals surface area contributed by atoms with Gasteiger partial charge in [-0.1, -0.05) is 6.08 Å². The number of hydrogen-bond acceptors (Lipinski definition) is 4. The molecule has 21 heavy (non-hydrogen) atoms. The smallest absolute Gasteiger partial charge is 0.321 e. The van der Waals surface area contributed by atoms with Crippen LogP contribution in [0, 0.1) is 0 Å². The van der Waals surface area contributed by atoms with Crippen LogP contribution in [0.3, 0.4) is 0 Å². The van der Waals surface area contributed by atoms with Gasteiger partial charge in [0.15, 0.2) is 0 Å². The Labute approximate surface area is 130 Å². The highest BCUT2D eigenvalue weighted by Gasteiger charge is 2.33. The molecule has 0 aromatic carbocycles. The Morgan fingerprint density at radius 2 is 2.14 bits per heavy atom. The maximum Gasteiger partial charge on any atom is 0.321 e. The van der Waals surface area contributed by atoms with Gasteiger partial charge in [-0.3, -0.25) is 9.59 Å². The standard InChI is InChI=1S/C15H26N2O3S/c1-4-17(11-8-6-5-7-9-11)12(18)10-21-15(2,3)13(16)14(19)20/h8,13H,4-7,9-10,16H2,1-3H3,(H,19,20)/t13-/m0/s1. The zero-order valence-corrected chi connectivity index (χ0v) is 13.9. The highest BCUT2D eigenvalue weighted by Crippen LogP contribution is 2.29. The monoisotopic (exact) mass is 314 g/mol. The van der Waals surface area contributed by atoms with E-state index in [0.29, 0.717) is 6.54 Å². The van der Waals surface area contributed by atoms with Crippen LogP contribution >= 0.6 is 11.8 Å². The van der Waals surface area contributed by atoms with E-state index in [2.05, 4.69) is 6.08 Å². The van der Waals surface area contributed by atoms with Gasteiger partial charge >= 0.3 is 5.97 Å². The van der Waals surface area contributed by atoms with Crippen LogP contribution in [0.15, 0.2) is 11.8 Å². The number of nitrogens with two attached hydrogens (primary N) is 1. The van der Waals surface area contributed by atoms with Crippen LogP contribution in [0.5, 0.6) is 0 Å². The molecule has 6 heteroatoms. The Morgan fingerprint density at radius 3 is 2.62 bits per heavy atom. The third kappa shape index (κ3) is 5.04. The molecule has 0 fully saturated rings. The first-order chi connectivity index (χ1) is 9.79. The number of carbonyl (C=O) groups excluding carboxylic acids is 1. The van der Waals surface area contributed by atoms with Crippen molar-refractivity contribution in [1.29, 1.82) is 0 Å². The topological polar surface area (TPSA) is 83.6 Å². The summed E-state index contributed by atoms with van der Waals surface area (Å²) in [5, 5.41) is 9.00. The van der Waals surface area contributed by atoms with Crippen molar-refractivity contribution in [3.05, 3.63) is 11.8 Å². The lowest BCUT2D eigenvalue weighted by molar-refractivity contribution is -0.139. The van der Waals surface area contributed by atoms with Crippen molar-refractivity contribution in [3.63, 3.8) is 0 Å². The van der Waals surface area contributed by atoms with Crippen LogP contribution in [0.2, 0.25) is 0 Å². The van der Waals surface area contributed by atoms with Gasteiger partial charge in [0.25, 0.3) is 0 Å². The van der Waals surface area contributed by atoms with Gasteiger partial charge in [0.2, 0.25) is 5.91 Å². The Bertz CT molecular complexity index is 421. The fraction of sp³-hybridized carbons (Fsp3) is 0.733. The van der Waals surface area contributed by atoms with E-state index in [-0.39, 0.29) is 11.7 Å². The largest absolute Gasteiger partial charge is 0.480 e. The molecule has 1 aliphatic rings. The third-order valence-electron chi connectivity index (χ3n) is 3.81. The molecule has 0 aromatic heterocycles. The molecule has 1 aliphatic carbocycles. The number of carboxylic acids is 1. The Balaban J connectivity index is 2.62. The lowest BCUT2D eigenvalue weighted by Gasteiger charge is -2.30. The van der Waals surface area contributed by atoms with Crippen molar-refractivity contribution < 1.29 is 14.7 Å². The maximum atomic E-state index is 12.4. The normalized spacial score (nSPS) is 17.0. The van der Waals surface area contributed by atoms with E-state index in [0.717, 1.165) is 25.0 Å². The molecule has 0 radical (unpaired) electrons. The molecule has 1 amide bonds. The molecule has 5 nitrogen and oxygen atoms in total. The fourth-order valence-electron chi connectivity index (χ4n) is 2.32. The van der Waals surface area contributed by atoms with Crippen LogP contribution in [0.25, 0.3) is 0 Å². The highest BCUT2D eigenvalue weighted by molar-refractivity contribution is 8.01. The Morgan fingerprint density at radius 1 is 1.48 bits per heavy atom. The number of hydrogen-bond donors (Lipinski definition) is 2. The second kappa shape index (κ2) is 7.84. The molecular formula is C15H26N2O3S. The van der Waals surface area contributed by atoms with Gasteiger partial charge in [-0.15, -0.1) is 11.8 Å². The molecule has 1 atom stereocenters. The minimum absolute atomic E-state index is 0.0290. The van der Waals surface area contributed by atoms with Gasteiger partial charge in [0.05, 0.1) is 5.75 Å². The van der Waals surface area contributed by atoms with Gasteiger partial charge in [0.1, 0.15) is 6.04 Å². The minimum atomic E-state index is -1.04. The summed E-state index contributed by atoms with van der Waals surface area (Å²) in [6.07, 6.45) is 6.43. The number of rotatable bonds is 7. The van der Waals surface area contributed by atoms with Crippen molar-refractivity contribution >= 4 is 23.6 Å². The van der Waals surface area contributed by atoms with Crippen molar-refractivity contribution in [3.8, 4) is 0 Å². The second-order valence-electron chi connectivity index (χ2n) is 5.79. The predicted octanol–water partition coefficient (Wildman–Crippen LogP) is 2.22. The fourth-order valence-corrected chi connectivity index (χ4v) is 3.25. The number of aliphatic carboxylic acids is 1. The second-order valence-corrected chi connectivity index (χ2v) is 7.42. The average Bonchev–Trinajstić information content (AvgIpc) is 2.46.